The monoisotopic (exact) mass is 305 g/mol. The number of halogens is 3. The van der Waals surface area contributed by atoms with Gasteiger partial charge in [-0.15, -0.1) is 0 Å². The van der Waals surface area contributed by atoms with Gasteiger partial charge in [-0.3, -0.25) is 0 Å². The lowest BCUT2D eigenvalue weighted by atomic mass is 10.5. The number of aliphatic hydroxyl groups is 1. The first-order valence-electron chi connectivity index (χ1n) is 1.63. The Hall–Kier alpha value is 0.890. The summed E-state index contributed by atoms with van der Waals surface area (Å²) in [7, 11) is 0. The third kappa shape index (κ3) is 3.02. The molecule has 46 valence electrons. The molecule has 0 aliphatic carbocycles. The second-order valence-electron chi connectivity index (χ2n) is 1.07. The quantitative estimate of drug-likeness (QED) is 0.547. The maximum atomic E-state index is 8.69. The van der Waals surface area contributed by atoms with E-state index in [1.165, 1.54) is 0 Å². The van der Waals surface area contributed by atoms with Crippen molar-refractivity contribution in [3.63, 3.8) is 0 Å². The van der Waals surface area contributed by atoms with Gasteiger partial charge in [0.1, 0.15) is 0 Å². The average molecular weight is 308 g/mol. The van der Waals surface area contributed by atoms with Gasteiger partial charge in [-0.25, -0.2) is 0 Å². The van der Waals surface area contributed by atoms with Gasteiger partial charge < -0.3 is 5.11 Å². The van der Waals surface area contributed by atoms with Crippen LogP contribution in [-0.2, 0) is 0 Å². The molecule has 0 aromatic rings. The predicted molar refractivity (Wildman–Crippen MR) is 41.1 cm³/mol. The summed E-state index contributed by atoms with van der Waals surface area (Å²) in [5.74, 6) is 0. The molecule has 2 nitrogen and oxygen atoms in total. The van der Waals surface area contributed by atoms with Crippen LogP contribution in [0, 0.1) is 11.3 Å². The number of nitriles is 1. The van der Waals surface area contributed by atoms with Crippen LogP contribution in [0.5, 0.6) is 0 Å². The minimum absolute atomic E-state index is 0.859. The van der Waals surface area contributed by atoms with E-state index in [9.17, 15) is 0 Å². The standard InChI is InChI=1S/C3H2Br3NO/c4-3(5,6)2(8)1-7/h2,8H/t2-/m1/s1. The van der Waals surface area contributed by atoms with Crippen molar-refractivity contribution in [1.82, 2.24) is 0 Å². The van der Waals surface area contributed by atoms with Crippen molar-refractivity contribution in [2.24, 2.45) is 0 Å². The van der Waals surface area contributed by atoms with Gasteiger partial charge >= 0.3 is 0 Å². The van der Waals surface area contributed by atoms with E-state index >= 15 is 0 Å². The molecule has 0 saturated carbocycles. The van der Waals surface area contributed by atoms with Crippen molar-refractivity contribution in [1.29, 1.82) is 5.26 Å². The van der Waals surface area contributed by atoms with Crippen LogP contribution in [0.1, 0.15) is 0 Å². The Balaban J connectivity index is 3.87. The number of nitrogens with zero attached hydrogens (tertiary/aromatic N) is 1. The van der Waals surface area contributed by atoms with E-state index in [0.29, 0.717) is 0 Å². The molecule has 0 saturated heterocycles. The van der Waals surface area contributed by atoms with E-state index in [1.807, 2.05) is 0 Å². The molecular weight excluding hydrogens is 306 g/mol. The number of aliphatic hydroxyl groups excluding tert-OH is 1. The van der Waals surface area contributed by atoms with E-state index in [-0.39, 0.29) is 0 Å². The first-order valence-corrected chi connectivity index (χ1v) is 4.01. The Morgan fingerprint density at radius 1 is 1.50 bits per heavy atom. The average Bonchev–Trinajstić information content (AvgIpc) is 1.62. The van der Waals surface area contributed by atoms with Crippen molar-refractivity contribution in [3.05, 3.63) is 0 Å². The van der Waals surface area contributed by atoms with E-state index in [4.69, 9.17) is 10.4 Å². The summed E-state index contributed by atoms with van der Waals surface area (Å²) < 4.78 is -0.859. The van der Waals surface area contributed by atoms with Gasteiger partial charge in [-0.2, -0.15) is 5.26 Å². The van der Waals surface area contributed by atoms with Crippen molar-refractivity contribution in [2.45, 2.75) is 8.25 Å². The number of hydrogen-bond donors (Lipinski definition) is 1. The summed E-state index contributed by atoms with van der Waals surface area (Å²) in [6.45, 7) is 0. The maximum Gasteiger partial charge on any atom is 0.175 e. The molecule has 0 rings (SSSR count). The highest BCUT2D eigenvalue weighted by Gasteiger charge is 2.28. The van der Waals surface area contributed by atoms with Crippen molar-refractivity contribution < 1.29 is 5.11 Å². The van der Waals surface area contributed by atoms with Crippen LogP contribution >= 0.6 is 47.8 Å². The zero-order valence-electron chi connectivity index (χ0n) is 3.61. The largest absolute Gasteiger partial charge is 0.375 e. The predicted octanol–water partition coefficient (Wildman–Crippen LogP) is 1.71. The molecular formula is C3H2Br3NO. The fourth-order valence-electron chi connectivity index (χ4n) is 0.0732. The molecule has 1 atom stereocenters. The summed E-state index contributed by atoms with van der Waals surface area (Å²) in [6.07, 6.45) is -1.09. The molecule has 0 unspecified atom stereocenters. The second-order valence-corrected chi connectivity index (χ2v) is 8.02. The van der Waals surface area contributed by atoms with Crippen LogP contribution in [0.2, 0.25) is 0 Å². The van der Waals surface area contributed by atoms with Gasteiger partial charge in [0, 0.05) is 0 Å². The third-order valence-electron chi connectivity index (χ3n) is 0.432. The number of alkyl halides is 3. The lowest BCUT2D eigenvalue weighted by Gasteiger charge is -2.11. The van der Waals surface area contributed by atoms with Crippen molar-refractivity contribution >= 4 is 47.8 Å². The lowest BCUT2D eigenvalue weighted by Crippen LogP contribution is -2.20. The summed E-state index contributed by atoms with van der Waals surface area (Å²) in [6, 6.07) is 1.62. The normalized spacial score (nSPS) is 14.9. The Morgan fingerprint density at radius 3 is 1.88 bits per heavy atom. The highest BCUT2D eigenvalue weighted by molar-refractivity contribution is 9.39. The summed E-state index contributed by atoms with van der Waals surface area (Å²) in [5, 5.41) is 16.8. The zero-order valence-corrected chi connectivity index (χ0v) is 8.36. The molecule has 0 aliphatic heterocycles. The van der Waals surface area contributed by atoms with Crippen LogP contribution in [0.15, 0.2) is 0 Å². The Kier molecular flexibility index (Phi) is 3.51. The molecule has 0 aliphatic rings. The molecule has 0 spiro atoms. The first kappa shape index (κ1) is 8.89. The van der Waals surface area contributed by atoms with Gasteiger partial charge in [0.2, 0.25) is 0 Å². The highest BCUT2D eigenvalue weighted by atomic mass is 80.0. The molecule has 5 heteroatoms. The Bertz CT molecular complexity index is 113. The topological polar surface area (TPSA) is 44.0 Å². The molecule has 0 fully saturated rings. The minimum atomic E-state index is -1.09. The zero-order chi connectivity index (χ0) is 6.78. The summed E-state index contributed by atoms with van der Waals surface area (Å²) >= 11 is 8.89. The second kappa shape index (κ2) is 3.16. The van der Waals surface area contributed by atoms with E-state index < -0.39 is 8.25 Å². The van der Waals surface area contributed by atoms with Crippen LogP contribution in [0.4, 0.5) is 0 Å². The fourth-order valence-corrected chi connectivity index (χ4v) is 0.380. The van der Waals surface area contributed by atoms with Gasteiger partial charge in [0.05, 0.1) is 6.07 Å². The van der Waals surface area contributed by atoms with E-state index in [1.54, 1.807) is 6.07 Å². The van der Waals surface area contributed by atoms with Gasteiger partial charge in [-0.1, -0.05) is 47.8 Å². The van der Waals surface area contributed by atoms with Gasteiger partial charge in [0.25, 0.3) is 0 Å². The number of rotatable bonds is 0. The van der Waals surface area contributed by atoms with Gasteiger partial charge in [0.15, 0.2) is 8.25 Å². The summed E-state index contributed by atoms with van der Waals surface area (Å²) in [4.78, 5) is 0. The molecule has 0 amide bonds. The Morgan fingerprint density at radius 2 is 1.88 bits per heavy atom. The van der Waals surface area contributed by atoms with Crippen molar-refractivity contribution in [2.75, 3.05) is 0 Å². The smallest absolute Gasteiger partial charge is 0.175 e. The molecule has 0 aromatic heterocycles. The SMILES string of the molecule is N#C[C@@H](O)C(Br)(Br)Br. The van der Waals surface area contributed by atoms with Crippen LogP contribution < -0.4 is 0 Å². The minimum Gasteiger partial charge on any atom is -0.375 e. The molecule has 0 aromatic carbocycles. The molecule has 0 heterocycles. The van der Waals surface area contributed by atoms with Gasteiger partial charge in [-0.05, 0) is 0 Å². The fraction of sp³-hybridized carbons (Fsp3) is 0.667. The Labute approximate surface area is 72.3 Å². The molecule has 1 N–H and O–H groups in total. The third-order valence-corrected chi connectivity index (χ3v) is 1.73. The molecule has 0 radical (unpaired) electrons. The van der Waals surface area contributed by atoms with Crippen LogP contribution in [0.3, 0.4) is 0 Å². The molecule has 8 heavy (non-hydrogen) atoms. The molecule has 0 bridgehead atoms. The van der Waals surface area contributed by atoms with E-state index in [2.05, 4.69) is 47.8 Å². The lowest BCUT2D eigenvalue weighted by molar-refractivity contribution is 0.245. The van der Waals surface area contributed by atoms with Crippen LogP contribution in [0.25, 0.3) is 0 Å². The van der Waals surface area contributed by atoms with Crippen LogP contribution in [-0.4, -0.2) is 13.4 Å². The maximum absolute atomic E-state index is 8.69. The highest BCUT2D eigenvalue weighted by Crippen LogP contribution is 2.36. The van der Waals surface area contributed by atoms with E-state index in [0.717, 1.165) is 0 Å². The number of hydrogen-bond acceptors (Lipinski definition) is 2. The first-order chi connectivity index (χ1) is 3.48. The summed E-state index contributed by atoms with van der Waals surface area (Å²) in [5.41, 5.74) is 0. The van der Waals surface area contributed by atoms with Crippen molar-refractivity contribution in [3.8, 4) is 6.07 Å².